The van der Waals surface area contributed by atoms with Crippen LogP contribution in [0.2, 0.25) is 0 Å². The maximum absolute atomic E-state index is 12.7. The second kappa shape index (κ2) is 5.48. The Labute approximate surface area is 117 Å². The van der Waals surface area contributed by atoms with E-state index >= 15 is 0 Å². The largest absolute Gasteiger partial charge is 0.294 e. The summed E-state index contributed by atoms with van der Waals surface area (Å²) in [6.45, 7) is 8.83. The van der Waals surface area contributed by atoms with Crippen molar-refractivity contribution >= 4 is 5.78 Å². The van der Waals surface area contributed by atoms with Gasteiger partial charge in [-0.05, 0) is 48.3 Å². The molecule has 2 rings (SSSR count). The molecule has 1 aromatic carbocycles. The highest BCUT2D eigenvalue weighted by atomic mass is 16.1. The Morgan fingerprint density at radius 1 is 1.21 bits per heavy atom. The first kappa shape index (κ1) is 14.3. The average molecular weight is 258 g/mol. The summed E-state index contributed by atoms with van der Waals surface area (Å²) < 4.78 is 0. The van der Waals surface area contributed by atoms with Crippen LogP contribution < -0.4 is 0 Å². The maximum atomic E-state index is 12.7. The minimum absolute atomic E-state index is 0.174. The third-order valence-electron chi connectivity index (χ3n) is 4.83. The van der Waals surface area contributed by atoms with E-state index in [9.17, 15) is 4.79 Å². The number of benzene rings is 1. The molecule has 0 amide bonds. The lowest BCUT2D eigenvalue weighted by Gasteiger charge is -2.26. The van der Waals surface area contributed by atoms with Crippen molar-refractivity contribution in [2.24, 2.45) is 11.3 Å². The third-order valence-corrected chi connectivity index (χ3v) is 4.83. The fraction of sp³-hybridized carbons (Fsp3) is 0.611. The predicted octanol–water partition coefficient (Wildman–Crippen LogP) is 4.82. The van der Waals surface area contributed by atoms with E-state index in [2.05, 4.69) is 39.8 Å². The van der Waals surface area contributed by atoms with Crippen LogP contribution in [0.15, 0.2) is 18.2 Å². The molecule has 1 unspecified atom stereocenters. The van der Waals surface area contributed by atoms with Crippen LogP contribution in [0.1, 0.15) is 68.4 Å². The van der Waals surface area contributed by atoms with Gasteiger partial charge in [0, 0.05) is 11.5 Å². The van der Waals surface area contributed by atoms with Crippen molar-refractivity contribution in [3.63, 3.8) is 0 Å². The summed E-state index contributed by atoms with van der Waals surface area (Å²) in [5, 5.41) is 0. The van der Waals surface area contributed by atoms with Crippen LogP contribution >= 0.6 is 0 Å². The Kier molecular flexibility index (Phi) is 4.13. The highest BCUT2D eigenvalue weighted by Crippen LogP contribution is 2.44. The van der Waals surface area contributed by atoms with Crippen molar-refractivity contribution in [3.8, 4) is 0 Å². The molecule has 0 aromatic heterocycles. The molecule has 0 heterocycles. The van der Waals surface area contributed by atoms with Gasteiger partial charge in [-0.1, -0.05) is 46.2 Å². The van der Waals surface area contributed by atoms with Crippen molar-refractivity contribution < 1.29 is 4.79 Å². The summed E-state index contributed by atoms with van der Waals surface area (Å²) >= 11 is 0. The molecule has 1 atom stereocenters. The van der Waals surface area contributed by atoms with Gasteiger partial charge < -0.3 is 0 Å². The fourth-order valence-electron chi connectivity index (χ4n) is 3.47. The first-order chi connectivity index (χ1) is 8.99. The molecule has 1 aliphatic rings. The van der Waals surface area contributed by atoms with Crippen molar-refractivity contribution in [2.75, 3.05) is 0 Å². The molecule has 1 heteroatoms. The van der Waals surface area contributed by atoms with Gasteiger partial charge >= 0.3 is 0 Å². The second-order valence-electron chi connectivity index (χ2n) is 6.49. The van der Waals surface area contributed by atoms with E-state index < -0.39 is 0 Å². The Balaban J connectivity index is 2.29. The van der Waals surface area contributed by atoms with Gasteiger partial charge in [-0.15, -0.1) is 0 Å². The van der Waals surface area contributed by atoms with Gasteiger partial charge in [-0.2, -0.15) is 0 Å². The first-order valence-electron chi connectivity index (χ1n) is 7.65. The average Bonchev–Trinajstić information content (AvgIpc) is 2.76. The molecule has 0 radical (unpaired) electrons. The number of hydrogen-bond acceptors (Lipinski definition) is 1. The number of carbonyl (C=O) groups is 1. The maximum Gasteiger partial charge on any atom is 0.166 e. The van der Waals surface area contributed by atoms with Crippen LogP contribution in [-0.4, -0.2) is 5.78 Å². The van der Waals surface area contributed by atoms with Gasteiger partial charge in [0.05, 0.1) is 0 Å². The molecule has 104 valence electrons. The molecule has 19 heavy (non-hydrogen) atoms. The summed E-state index contributed by atoms with van der Waals surface area (Å²) in [4.78, 5) is 12.7. The highest BCUT2D eigenvalue weighted by Gasteiger charge is 2.39. The molecule has 0 bridgehead atoms. The molecular formula is C18H26O. The van der Waals surface area contributed by atoms with Crippen LogP contribution in [0.5, 0.6) is 0 Å². The zero-order valence-corrected chi connectivity index (χ0v) is 12.8. The van der Waals surface area contributed by atoms with Gasteiger partial charge in [0.25, 0.3) is 0 Å². The third kappa shape index (κ3) is 2.75. The summed E-state index contributed by atoms with van der Waals surface area (Å²) in [5.41, 5.74) is 3.82. The van der Waals surface area contributed by atoms with E-state index in [1.807, 2.05) is 6.07 Å². The SMILES string of the molecule is CCc1ccc(C(=O)C2CCCC2(C)C)cc1CC. The number of ketones is 1. The van der Waals surface area contributed by atoms with Crippen LogP contribution in [0.3, 0.4) is 0 Å². The molecule has 1 aliphatic carbocycles. The predicted molar refractivity (Wildman–Crippen MR) is 80.7 cm³/mol. The van der Waals surface area contributed by atoms with Crippen LogP contribution in [0.25, 0.3) is 0 Å². The number of hydrogen-bond donors (Lipinski definition) is 0. The van der Waals surface area contributed by atoms with Crippen LogP contribution in [0.4, 0.5) is 0 Å². The van der Waals surface area contributed by atoms with E-state index in [4.69, 9.17) is 0 Å². The molecule has 1 nitrogen and oxygen atoms in total. The van der Waals surface area contributed by atoms with Gasteiger partial charge in [-0.3, -0.25) is 4.79 Å². The lowest BCUT2D eigenvalue weighted by molar-refractivity contribution is 0.0839. The van der Waals surface area contributed by atoms with Gasteiger partial charge in [0.2, 0.25) is 0 Å². The van der Waals surface area contributed by atoms with Gasteiger partial charge in [-0.25, -0.2) is 0 Å². The van der Waals surface area contributed by atoms with Crippen LogP contribution in [-0.2, 0) is 12.8 Å². The summed E-state index contributed by atoms with van der Waals surface area (Å²) in [6, 6.07) is 6.32. The Morgan fingerprint density at radius 3 is 2.42 bits per heavy atom. The zero-order valence-electron chi connectivity index (χ0n) is 12.8. The smallest absolute Gasteiger partial charge is 0.166 e. The van der Waals surface area contributed by atoms with E-state index in [-0.39, 0.29) is 11.3 Å². The van der Waals surface area contributed by atoms with Crippen molar-refractivity contribution in [1.29, 1.82) is 0 Å². The van der Waals surface area contributed by atoms with Crippen molar-refractivity contribution in [1.82, 2.24) is 0 Å². The lowest BCUT2D eigenvalue weighted by atomic mass is 9.77. The second-order valence-corrected chi connectivity index (χ2v) is 6.49. The summed E-state index contributed by atoms with van der Waals surface area (Å²) in [7, 11) is 0. The quantitative estimate of drug-likeness (QED) is 0.708. The number of aryl methyl sites for hydroxylation is 2. The molecule has 1 saturated carbocycles. The Morgan fingerprint density at radius 2 is 1.89 bits per heavy atom. The molecule has 0 aliphatic heterocycles. The van der Waals surface area contributed by atoms with Crippen molar-refractivity contribution in [2.45, 2.75) is 59.8 Å². The standard InChI is InChI=1S/C18H26O/c1-5-13-9-10-15(12-14(13)6-2)17(19)16-8-7-11-18(16,3)4/h9-10,12,16H,5-8,11H2,1-4H3. The zero-order chi connectivity index (χ0) is 14.0. The first-order valence-corrected chi connectivity index (χ1v) is 7.65. The van der Waals surface area contributed by atoms with Crippen molar-refractivity contribution in [3.05, 3.63) is 34.9 Å². The monoisotopic (exact) mass is 258 g/mol. The molecule has 0 saturated heterocycles. The number of rotatable bonds is 4. The lowest BCUT2D eigenvalue weighted by Crippen LogP contribution is -2.26. The topological polar surface area (TPSA) is 17.1 Å². The highest BCUT2D eigenvalue weighted by molar-refractivity contribution is 5.98. The van der Waals surface area contributed by atoms with E-state index in [1.165, 1.54) is 24.0 Å². The summed E-state index contributed by atoms with van der Waals surface area (Å²) in [6.07, 6.45) is 5.49. The van der Waals surface area contributed by atoms with Gasteiger partial charge in [0.1, 0.15) is 0 Å². The van der Waals surface area contributed by atoms with E-state index in [0.717, 1.165) is 24.8 Å². The Bertz CT molecular complexity index is 471. The Hall–Kier alpha value is -1.11. The fourth-order valence-corrected chi connectivity index (χ4v) is 3.47. The molecule has 1 aromatic rings. The molecule has 1 fully saturated rings. The minimum atomic E-state index is 0.174. The molecular weight excluding hydrogens is 232 g/mol. The van der Waals surface area contributed by atoms with E-state index in [0.29, 0.717) is 5.78 Å². The normalized spacial score (nSPS) is 21.6. The number of Topliss-reactive ketones (excluding diaryl/α,β-unsaturated/α-hetero) is 1. The molecule has 0 N–H and O–H groups in total. The minimum Gasteiger partial charge on any atom is -0.294 e. The number of carbonyl (C=O) groups excluding carboxylic acids is 1. The van der Waals surface area contributed by atoms with Crippen LogP contribution in [0, 0.1) is 11.3 Å². The molecule has 0 spiro atoms. The van der Waals surface area contributed by atoms with E-state index in [1.54, 1.807) is 0 Å². The van der Waals surface area contributed by atoms with Gasteiger partial charge in [0.15, 0.2) is 5.78 Å². The summed E-state index contributed by atoms with van der Waals surface area (Å²) in [5.74, 6) is 0.574.